The van der Waals surface area contributed by atoms with Gasteiger partial charge in [-0.2, -0.15) is 0 Å². The van der Waals surface area contributed by atoms with Crippen molar-refractivity contribution in [3.05, 3.63) is 16.3 Å². The van der Waals surface area contributed by atoms with Gasteiger partial charge in [-0.25, -0.2) is 9.97 Å². The van der Waals surface area contributed by atoms with Crippen LogP contribution in [0.5, 0.6) is 5.88 Å². The molecule has 1 rings (SSSR count). The molecule has 0 fully saturated rings. The molecule has 0 aliphatic heterocycles. The first kappa shape index (κ1) is 12.6. The van der Waals surface area contributed by atoms with Gasteiger partial charge in [-0.3, -0.25) is 10.1 Å². The minimum absolute atomic E-state index is 0. The fraction of sp³-hybridized carbons (Fsp3) is 0.200. The summed E-state index contributed by atoms with van der Waals surface area (Å²) in [6, 6.07) is 0. The van der Waals surface area contributed by atoms with Crippen molar-refractivity contribution in [1.29, 1.82) is 0 Å². The Morgan fingerprint density at radius 3 is 2.62 bits per heavy atom. The maximum Gasteiger partial charge on any atom is 1.00 e. The minimum Gasteiger partial charge on any atom is -0.854 e. The third kappa shape index (κ3) is 3.11. The smallest absolute Gasteiger partial charge is 0.854 e. The molecule has 64 valence electrons. The number of nitrogens with zero attached hydrogens (tertiary/aromatic N) is 3. The Balaban J connectivity index is 0.00000144. The number of thioether (sulfide) groups is 1. The Morgan fingerprint density at radius 1 is 1.62 bits per heavy atom. The summed E-state index contributed by atoms with van der Waals surface area (Å²) in [6.07, 6.45) is 2.60. The first-order valence-corrected chi connectivity index (χ1v) is 4.10. The summed E-state index contributed by atoms with van der Waals surface area (Å²) in [6.45, 7) is 0. The van der Waals surface area contributed by atoms with Crippen LogP contribution in [0.2, 0.25) is 0 Å². The van der Waals surface area contributed by atoms with E-state index >= 15 is 0 Å². The van der Waals surface area contributed by atoms with Gasteiger partial charge in [-0.15, -0.1) is 0 Å². The van der Waals surface area contributed by atoms with Crippen LogP contribution in [0.15, 0.2) is 11.4 Å². The van der Waals surface area contributed by atoms with Crippen LogP contribution in [0.3, 0.4) is 0 Å². The van der Waals surface area contributed by atoms with Crippen molar-refractivity contribution in [3.8, 4) is 5.88 Å². The predicted molar refractivity (Wildman–Crippen MR) is 39.9 cm³/mol. The van der Waals surface area contributed by atoms with Crippen molar-refractivity contribution >= 4 is 17.4 Å². The zero-order chi connectivity index (χ0) is 9.14. The number of aromatic nitrogens is 2. The monoisotopic (exact) mass is 209 g/mol. The molecule has 0 aliphatic carbocycles. The SMILES string of the molecule is CSc1ncc([N+](=O)[O-])c([O-])n1.[Na+]. The van der Waals surface area contributed by atoms with Crippen LogP contribution < -0.4 is 34.7 Å². The van der Waals surface area contributed by atoms with Crippen LogP contribution in [-0.4, -0.2) is 21.1 Å². The summed E-state index contributed by atoms with van der Waals surface area (Å²) in [4.78, 5) is 16.3. The van der Waals surface area contributed by atoms with Gasteiger partial charge in [0, 0.05) is 0 Å². The van der Waals surface area contributed by atoms with E-state index in [-0.39, 0.29) is 34.7 Å². The molecule has 0 radical (unpaired) electrons. The molecule has 0 bridgehead atoms. The van der Waals surface area contributed by atoms with Crippen molar-refractivity contribution < 1.29 is 39.6 Å². The topological polar surface area (TPSA) is 92.0 Å². The average Bonchev–Trinajstić information content (AvgIpc) is 2.03. The predicted octanol–water partition coefficient (Wildman–Crippen LogP) is -2.82. The van der Waals surface area contributed by atoms with E-state index in [2.05, 4.69) is 9.97 Å². The molecule has 1 aromatic heterocycles. The summed E-state index contributed by atoms with van der Waals surface area (Å²) in [5.74, 6) is -0.848. The molecule has 1 heterocycles. The summed E-state index contributed by atoms with van der Waals surface area (Å²) in [5, 5.41) is 21.2. The van der Waals surface area contributed by atoms with E-state index in [9.17, 15) is 15.2 Å². The van der Waals surface area contributed by atoms with Gasteiger partial charge in [0.05, 0.1) is 10.8 Å². The van der Waals surface area contributed by atoms with Crippen LogP contribution >= 0.6 is 11.8 Å². The quantitative estimate of drug-likeness (QED) is 0.171. The molecule has 0 atom stereocenters. The van der Waals surface area contributed by atoms with Gasteiger partial charge in [0.1, 0.15) is 6.20 Å². The first-order valence-electron chi connectivity index (χ1n) is 2.87. The second-order valence-corrected chi connectivity index (χ2v) is 2.58. The van der Waals surface area contributed by atoms with Gasteiger partial charge in [0.2, 0.25) is 0 Å². The molecule has 0 N–H and O–H groups in total. The molecule has 0 aliphatic rings. The summed E-state index contributed by atoms with van der Waals surface area (Å²) >= 11 is 1.16. The Hall–Kier alpha value is -0.370. The molecule has 0 aromatic carbocycles. The molecule has 13 heavy (non-hydrogen) atoms. The largest absolute Gasteiger partial charge is 1.00 e. The third-order valence-corrected chi connectivity index (χ3v) is 1.65. The van der Waals surface area contributed by atoms with Crippen LogP contribution in [0.4, 0.5) is 5.69 Å². The molecular weight excluding hydrogens is 205 g/mol. The minimum atomic E-state index is -0.848. The van der Waals surface area contributed by atoms with Gasteiger partial charge < -0.3 is 5.11 Å². The maximum absolute atomic E-state index is 10.8. The third-order valence-electron chi connectivity index (χ3n) is 1.09. The van der Waals surface area contributed by atoms with Gasteiger partial charge >= 0.3 is 29.6 Å². The standard InChI is InChI=1S/C5H5N3O3S.Na/c1-12-5-6-2-3(8(10)11)4(9)7-5;/h2H,1H3,(H,6,7,9);/q;+1/p-1. The Kier molecular flexibility index (Phi) is 5.23. The zero-order valence-corrected chi connectivity index (χ0v) is 9.87. The van der Waals surface area contributed by atoms with E-state index < -0.39 is 16.5 Å². The Labute approximate surface area is 100 Å². The fourth-order valence-corrected chi connectivity index (χ4v) is 0.900. The second-order valence-electron chi connectivity index (χ2n) is 1.80. The molecule has 0 saturated heterocycles. The van der Waals surface area contributed by atoms with Gasteiger partial charge in [-0.1, -0.05) is 11.8 Å². The number of hydrogen-bond acceptors (Lipinski definition) is 6. The van der Waals surface area contributed by atoms with E-state index in [1.165, 1.54) is 0 Å². The molecule has 0 saturated carbocycles. The summed E-state index contributed by atoms with van der Waals surface area (Å²) in [5.41, 5.74) is -0.590. The van der Waals surface area contributed by atoms with Gasteiger partial charge in [-0.05, 0) is 6.26 Å². The van der Waals surface area contributed by atoms with Crippen LogP contribution in [-0.2, 0) is 0 Å². The Bertz CT molecular complexity index is 322. The van der Waals surface area contributed by atoms with E-state index in [0.29, 0.717) is 0 Å². The molecule has 0 unspecified atom stereocenters. The fourth-order valence-electron chi connectivity index (χ4n) is 0.568. The molecule has 8 heteroatoms. The van der Waals surface area contributed by atoms with Gasteiger partial charge in [0.15, 0.2) is 5.16 Å². The zero-order valence-electron chi connectivity index (χ0n) is 7.05. The van der Waals surface area contributed by atoms with Crippen molar-refractivity contribution in [3.63, 3.8) is 0 Å². The second kappa shape index (κ2) is 5.38. The van der Waals surface area contributed by atoms with E-state index in [1.54, 1.807) is 6.26 Å². The normalized spacial score (nSPS) is 9.00. The molecule has 0 spiro atoms. The maximum atomic E-state index is 10.8. The van der Waals surface area contributed by atoms with Crippen LogP contribution in [0, 0.1) is 10.1 Å². The molecular formula is C5H4N3NaO3S. The van der Waals surface area contributed by atoms with E-state index in [0.717, 1.165) is 18.0 Å². The number of rotatable bonds is 2. The Morgan fingerprint density at radius 2 is 2.23 bits per heavy atom. The molecule has 0 amide bonds. The van der Waals surface area contributed by atoms with E-state index in [1.807, 2.05) is 0 Å². The van der Waals surface area contributed by atoms with Crippen LogP contribution in [0.1, 0.15) is 0 Å². The summed E-state index contributed by atoms with van der Waals surface area (Å²) in [7, 11) is 0. The molecule has 1 aromatic rings. The van der Waals surface area contributed by atoms with Crippen molar-refractivity contribution in [1.82, 2.24) is 9.97 Å². The van der Waals surface area contributed by atoms with Crippen molar-refractivity contribution in [2.45, 2.75) is 5.16 Å². The van der Waals surface area contributed by atoms with E-state index in [4.69, 9.17) is 0 Å². The van der Waals surface area contributed by atoms with Crippen molar-refractivity contribution in [2.75, 3.05) is 6.26 Å². The number of nitro groups is 1. The summed E-state index contributed by atoms with van der Waals surface area (Å²) < 4.78 is 0. The number of hydrogen-bond donors (Lipinski definition) is 0. The average molecular weight is 209 g/mol. The van der Waals surface area contributed by atoms with Crippen molar-refractivity contribution in [2.24, 2.45) is 0 Å². The first-order chi connectivity index (χ1) is 5.65. The van der Waals surface area contributed by atoms with Crippen LogP contribution in [0.25, 0.3) is 0 Å². The molecule has 6 nitrogen and oxygen atoms in total. The van der Waals surface area contributed by atoms with Gasteiger partial charge in [0.25, 0.3) is 5.69 Å².